The van der Waals surface area contributed by atoms with E-state index in [0.29, 0.717) is 0 Å². The first kappa shape index (κ1) is 22.8. The third kappa shape index (κ3) is 6.83. The average molecular weight is 413 g/mol. The van der Waals surface area contributed by atoms with Crippen molar-refractivity contribution in [3.8, 4) is 0 Å². The van der Waals surface area contributed by atoms with Crippen LogP contribution in [0.4, 0.5) is 5.69 Å². The van der Waals surface area contributed by atoms with E-state index in [-0.39, 0.29) is 0 Å². The normalized spacial score (nSPS) is 16.1. The standard InChI is InChI=1S/C29H36N2/c1-5-30-19-17-23(2)11-15-28-22-29(16-12-24(28)3)31-20-18-27(21-25(31)4)14-13-26-9-7-6-8-10-26/h7,9-12,15-16,18,20-22,30H,2,4-6,8,13-14,17,19H2,1,3H3/b15-11-. The van der Waals surface area contributed by atoms with Gasteiger partial charge in [-0.15, -0.1) is 0 Å². The molecule has 0 aromatic heterocycles. The molecule has 1 aliphatic heterocycles. The number of hydrogen-bond acceptors (Lipinski definition) is 2. The molecule has 2 heteroatoms. The van der Waals surface area contributed by atoms with Gasteiger partial charge < -0.3 is 10.2 Å². The lowest BCUT2D eigenvalue weighted by Crippen LogP contribution is -2.16. The van der Waals surface area contributed by atoms with E-state index < -0.39 is 0 Å². The van der Waals surface area contributed by atoms with E-state index in [1.165, 1.54) is 35.1 Å². The molecule has 0 bridgehead atoms. The maximum atomic E-state index is 4.32. The maximum absolute atomic E-state index is 4.32. The molecule has 162 valence electrons. The van der Waals surface area contributed by atoms with Crippen molar-refractivity contribution in [1.29, 1.82) is 0 Å². The van der Waals surface area contributed by atoms with Gasteiger partial charge in [0, 0.05) is 17.6 Å². The predicted octanol–water partition coefficient (Wildman–Crippen LogP) is 7.39. The summed E-state index contributed by atoms with van der Waals surface area (Å²) in [5.41, 5.74) is 8.56. The summed E-state index contributed by atoms with van der Waals surface area (Å²) in [5, 5.41) is 3.35. The molecule has 0 saturated heterocycles. The number of benzene rings is 1. The monoisotopic (exact) mass is 412 g/mol. The summed E-state index contributed by atoms with van der Waals surface area (Å²) in [6.07, 6.45) is 23.3. The summed E-state index contributed by atoms with van der Waals surface area (Å²) in [6.45, 7) is 14.7. The van der Waals surface area contributed by atoms with Gasteiger partial charge in [-0.05, 0) is 93.1 Å². The van der Waals surface area contributed by atoms with Crippen molar-refractivity contribution < 1.29 is 0 Å². The van der Waals surface area contributed by atoms with Crippen LogP contribution in [0.2, 0.25) is 0 Å². The van der Waals surface area contributed by atoms with Crippen molar-refractivity contribution >= 4 is 11.8 Å². The van der Waals surface area contributed by atoms with Crippen molar-refractivity contribution in [2.24, 2.45) is 0 Å². The molecule has 0 unspecified atom stereocenters. The first-order chi connectivity index (χ1) is 15.1. The average Bonchev–Trinajstić information content (AvgIpc) is 2.78. The van der Waals surface area contributed by atoms with Crippen LogP contribution in [0, 0.1) is 6.92 Å². The minimum atomic E-state index is 0.967. The van der Waals surface area contributed by atoms with Crippen molar-refractivity contribution in [3.05, 3.63) is 108 Å². The first-order valence-corrected chi connectivity index (χ1v) is 11.5. The summed E-state index contributed by atoms with van der Waals surface area (Å²) < 4.78 is 0. The predicted molar refractivity (Wildman–Crippen MR) is 137 cm³/mol. The fourth-order valence-corrected chi connectivity index (χ4v) is 3.82. The van der Waals surface area contributed by atoms with Crippen LogP contribution in [-0.2, 0) is 0 Å². The molecule has 2 nitrogen and oxygen atoms in total. The lowest BCUT2D eigenvalue weighted by Gasteiger charge is -2.26. The number of rotatable bonds is 10. The van der Waals surface area contributed by atoms with Gasteiger partial charge in [-0.2, -0.15) is 0 Å². The SMILES string of the molecule is C=C(/C=C\c1cc(N2C=CC(CCC3=CCCC=C3)=CC2=C)ccc1C)CCNCC. The third-order valence-electron chi connectivity index (χ3n) is 5.79. The number of allylic oxidation sites excluding steroid dienone is 8. The van der Waals surface area contributed by atoms with Crippen LogP contribution in [-0.4, -0.2) is 13.1 Å². The number of nitrogens with one attached hydrogen (secondary N) is 1. The molecule has 0 radical (unpaired) electrons. The zero-order valence-electron chi connectivity index (χ0n) is 19.2. The van der Waals surface area contributed by atoms with Crippen LogP contribution in [0.3, 0.4) is 0 Å². The summed E-state index contributed by atoms with van der Waals surface area (Å²) in [6, 6.07) is 6.58. The molecule has 1 N–H and O–H groups in total. The quantitative estimate of drug-likeness (QED) is 0.318. The zero-order valence-corrected chi connectivity index (χ0v) is 19.2. The maximum Gasteiger partial charge on any atom is 0.0461 e. The molecule has 0 atom stereocenters. The molecule has 2 aliphatic rings. The van der Waals surface area contributed by atoms with Crippen molar-refractivity contribution in [1.82, 2.24) is 5.32 Å². The van der Waals surface area contributed by atoms with Crippen LogP contribution in [0.25, 0.3) is 6.08 Å². The molecular formula is C29H36N2. The van der Waals surface area contributed by atoms with Crippen molar-refractivity contribution in [3.63, 3.8) is 0 Å². The minimum absolute atomic E-state index is 0.967. The Hall–Kier alpha value is -2.84. The van der Waals surface area contributed by atoms with E-state index in [9.17, 15) is 0 Å². The van der Waals surface area contributed by atoms with Crippen molar-refractivity contribution in [2.75, 3.05) is 18.0 Å². The Labute approximate surface area is 188 Å². The molecule has 31 heavy (non-hydrogen) atoms. The molecule has 0 amide bonds. The largest absolute Gasteiger partial charge is 0.318 e. The highest BCUT2D eigenvalue weighted by molar-refractivity contribution is 5.67. The Kier molecular flexibility index (Phi) is 8.49. The molecule has 1 aromatic carbocycles. The van der Waals surface area contributed by atoms with E-state index in [1.807, 2.05) is 0 Å². The Morgan fingerprint density at radius 3 is 2.74 bits per heavy atom. The highest BCUT2D eigenvalue weighted by atomic mass is 15.1. The van der Waals surface area contributed by atoms with Gasteiger partial charge in [0.15, 0.2) is 0 Å². The molecule has 1 aliphatic carbocycles. The molecule has 1 heterocycles. The van der Waals surface area contributed by atoms with E-state index in [4.69, 9.17) is 0 Å². The third-order valence-corrected chi connectivity index (χ3v) is 5.79. The topological polar surface area (TPSA) is 15.3 Å². The van der Waals surface area contributed by atoms with Crippen molar-refractivity contribution in [2.45, 2.75) is 46.0 Å². The van der Waals surface area contributed by atoms with Gasteiger partial charge in [0.1, 0.15) is 0 Å². The number of nitrogens with zero attached hydrogens (tertiary/aromatic N) is 1. The van der Waals surface area contributed by atoms with Crippen LogP contribution in [0.15, 0.2) is 96.4 Å². The molecule has 1 aromatic rings. The van der Waals surface area contributed by atoms with Gasteiger partial charge in [-0.3, -0.25) is 0 Å². The Balaban J connectivity index is 1.63. The van der Waals surface area contributed by atoms with Crippen LogP contribution >= 0.6 is 0 Å². The van der Waals surface area contributed by atoms with Gasteiger partial charge >= 0.3 is 0 Å². The van der Waals surface area contributed by atoms with E-state index in [0.717, 1.165) is 49.3 Å². The van der Waals surface area contributed by atoms with Crippen LogP contribution in [0.1, 0.15) is 50.2 Å². The zero-order chi connectivity index (χ0) is 22.1. The molecule has 0 spiro atoms. The van der Waals surface area contributed by atoms with Gasteiger partial charge in [0.05, 0.1) is 0 Å². The van der Waals surface area contributed by atoms with E-state index in [2.05, 4.69) is 104 Å². The van der Waals surface area contributed by atoms with Crippen LogP contribution in [0.5, 0.6) is 0 Å². The highest BCUT2D eigenvalue weighted by Crippen LogP contribution is 2.29. The summed E-state index contributed by atoms with van der Waals surface area (Å²) in [4.78, 5) is 2.17. The van der Waals surface area contributed by atoms with Gasteiger partial charge in [0.25, 0.3) is 0 Å². The Morgan fingerprint density at radius 2 is 2.00 bits per heavy atom. The lowest BCUT2D eigenvalue weighted by molar-refractivity contribution is 0.719. The first-order valence-electron chi connectivity index (χ1n) is 11.5. The molecule has 3 rings (SSSR count). The number of aryl methyl sites for hydroxylation is 1. The second kappa shape index (κ2) is 11.5. The fraction of sp³-hybridized carbons (Fsp3) is 0.310. The smallest absolute Gasteiger partial charge is 0.0461 e. The second-order valence-corrected chi connectivity index (χ2v) is 8.29. The number of hydrogen-bond donors (Lipinski definition) is 1. The minimum Gasteiger partial charge on any atom is -0.318 e. The Morgan fingerprint density at radius 1 is 1.16 bits per heavy atom. The van der Waals surface area contributed by atoms with Crippen LogP contribution < -0.4 is 10.2 Å². The Bertz CT molecular complexity index is 953. The van der Waals surface area contributed by atoms with Gasteiger partial charge in [0.2, 0.25) is 0 Å². The molecule has 0 saturated carbocycles. The second-order valence-electron chi connectivity index (χ2n) is 8.29. The highest BCUT2D eigenvalue weighted by Gasteiger charge is 2.12. The van der Waals surface area contributed by atoms with Gasteiger partial charge in [-0.25, -0.2) is 0 Å². The summed E-state index contributed by atoms with van der Waals surface area (Å²) >= 11 is 0. The molecular weight excluding hydrogens is 376 g/mol. The van der Waals surface area contributed by atoms with E-state index >= 15 is 0 Å². The summed E-state index contributed by atoms with van der Waals surface area (Å²) in [7, 11) is 0. The number of anilines is 1. The molecule has 0 fully saturated rings. The summed E-state index contributed by atoms with van der Waals surface area (Å²) in [5.74, 6) is 0. The fourth-order valence-electron chi connectivity index (χ4n) is 3.82. The lowest BCUT2D eigenvalue weighted by atomic mass is 9.98. The van der Waals surface area contributed by atoms with E-state index in [1.54, 1.807) is 0 Å². The van der Waals surface area contributed by atoms with Gasteiger partial charge in [-0.1, -0.05) is 67.7 Å².